The molecule has 192 valence electrons. The summed E-state index contributed by atoms with van der Waals surface area (Å²) in [5, 5.41) is 2.77. The SMILES string of the molecule is CCOc1cncc(-c2ccc(NC(=O)C3(c4cncc(NS(=O)(=O)C5CC5)c4)CC4CC4C3)cc2)n1. The number of nitrogens with zero attached hydrogens (tertiary/aromatic N) is 3. The average Bonchev–Trinajstić information content (AvgIpc) is 3.83. The third kappa shape index (κ3) is 4.77. The molecule has 2 heterocycles. The predicted molar refractivity (Wildman–Crippen MR) is 140 cm³/mol. The van der Waals surface area contributed by atoms with Crippen molar-refractivity contribution in [1.82, 2.24) is 15.0 Å². The minimum atomic E-state index is -3.41. The van der Waals surface area contributed by atoms with Crippen LogP contribution in [0.25, 0.3) is 11.3 Å². The Hall–Kier alpha value is -3.53. The van der Waals surface area contributed by atoms with Gasteiger partial charge in [0.15, 0.2) is 0 Å². The lowest BCUT2D eigenvalue weighted by molar-refractivity contribution is -0.121. The lowest BCUT2D eigenvalue weighted by Crippen LogP contribution is -2.39. The first kappa shape index (κ1) is 23.8. The van der Waals surface area contributed by atoms with Crippen LogP contribution in [0.4, 0.5) is 11.4 Å². The molecular weight excluding hydrogens is 490 g/mol. The fraction of sp³-hybridized carbons (Fsp3) is 0.407. The zero-order chi connectivity index (χ0) is 25.6. The second kappa shape index (κ2) is 9.09. The third-order valence-corrected chi connectivity index (χ3v) is 9.45. The Kier molecular flexibility index (Phi) is 5.86. The smallest absolute Gasteiger partial charge is 0.235 e. The number of fused-ring (bicyclic) bond motifs is 1. The van der Waals surface area contributed by atoms with Gasteiger partial charge in [-0.1, -0.05) is 12.1 Å². The number of carbonyl (C=O) groups is 1. The van der Waals surface area contributed by atoms with Crippen LogP contribution >= 0.6 is 0 Å². The Morgan fingerprint density at radius 3 is 2.46 bits per heavy atom. The summed E-state index contributed by atoms with van der Waals surface area (Å²) in [6.07, 6.45) is 10.4. The number of pyridine rings is 1. The molecule has 0 aliphatic heterocycles. The lowest BCUT2D eigenvalue weighted by Gasteiger charge is -2.30. The van der Waals surface area contributed by atoms with Crippen LogP contribution in [-0.2, 0) is 20.2 Å². The molecule has 1 amide bonds. The first-order chi connectivity index (χ1) is 17.9. The van der Waals surface area contributed by atoms with Crippen molar-refractivity contribution < 1.29 is 17.9 Å². The van der Waals surface area contributed by atoms with Gasteiger partial charge in [-0.15, -0.1) is 0 Å². The monoisotopic (exact) mass is 519 g/mol. The van der Waals surface area contributed by atoms with E-state index in [0.29, 0.717) is 54.2 Å². The molecule has 1 aromatic carbocycles. The van der Waals surface area contributed by atoms with Gasteiger partial charge in [-0.25, -0.2) is 13.4 Å². The fourth-order valence-corrected chi connectivity index (χ4v) is 6.77. The average molecular weight is 520 g/mol. The van der Waals surface area contributed by atoms with Crippen LogP contribution in [0, 0.1) is 11.8 Å². The largest absolute Gasteiger partial charge is 0.477 e. The maximum absolute atomic E-state index is 13.8. The Bertz CT molecular complexity index is 1430. The molecule has 3 aliphatic carbocycles. The summed E-state index contributed by atoms with van der Waals surface area (Å²) in [6.45, 7) is 2.41. The Labute approximate surface area is 216 Å². The summed E-state index contributed by atoms with van der Waals surface area (Å²) in [6, 6.07) is 9.27. The Morgan fingerprint density at radius 2 is 1.76 bits per heavy atom. The highest BCUT2D eigenvalue weighted by molar-refractivity contribution is 7.93. The molecule has 9 nitrogen and oxygen atoms in total. The molecule has 10 heteroatoms. The molecule has 2 N–H and O–H groups in total. The molecule has 0 saturated heterocycles. The number of aromatic nitrogens is 3. The van der Waals surface area contributed by atoms with Crippen molar-refractivity contribution in [3.63, 3.8) is 0 Å². The summed E-state index contributed by atoms with van der Waals surface area (Å²) in [7, 11) is -3.41. The van der Waals surface area contributed by atoms with Gasteiger partial charge in [0, 0.05) is 17.4 Å². The third-order valence-electron chi connectivity index (χ3n) is 7.58. The van der Waals surface area contributed by atoms with Gasteiger partial charge in [-0.3, -0.25) is 19.5 Å². The highest BCUT2D eigenvalue weighted by Crippen LogP contribution is 2.61. The second-order valence-corrected chi connectivity index (χ2v) is 12.2. The van der Waals surface area contributed by atoms with E-state index in [2.05, 4.69) is 25.0 Å². The molecular formula is C27H29N5O4S. The maximum Gasteiger partial charge on any atom is 0.235 e. The van der Waals surface area contributed by atoms with Crippen LogP contribution in [0.2, 0.25) is 0 Å². The standard InChI is InChI=1S/C27H29N5O4S/c1-2-36-25-16-29-15-24(31-25)17-3-5-21(6-4-17)30-26(33)27(11-18-9-19(18)12-27)20-10-22(14-28-13-20)32-37(34,35)23-7-8-23/h3-6,10,13-16,18-19,23,32H,2,7-9,11-12H2,1H3,(H,30,33). The van der Waals surface area contributed by atoms with Gasteiger partial charge < -0.3 is 10.1 Å². The molecule has 2 unspecified atom stereocenters. The van der Waals surface area contributed by atoms with Crippen molar-refractivity contribution in [2.45, 2.75) is 49.7 Å². The summed E-state index contributed by atoms with van der Waals surface area (Å²) in [5.41, 5.74) is 2.67. The van der Waals surface area contributed by atoms with Gasteiger partial charge in [-0.2, -0.15) is 0 Å². The Balaban J connectivity index is 1.22. The van der Waals surface area contributed by atoms with E-state index in [1.54, 1.807) is 24.7 Å². The number of amides is 1. The van der Waals surface area contributed by atoms with Gasteiger partial charge in [0.2, 0.25) is 21.8 Å². The number of hydrogen-bond acceptors (Lipinski definition) is 7. The molecule has 0 bridgehead atoms. The van der Waals surface area contributed by atoms with Crippen LogP contribution in [0.5, 0.6) is 5.88 Å². The number of benzene rings is 1. The number of sulfonamides is 1. The maximum atomic E-state index is 13.8. The van der Waals surface area contributed by atoms with E-state index in [-0.39, 0.29) is 11.2 Å². The van der Waals surface area contributed by atoms with Crippen LogP contribution < -0.4 is 14.8 Å². The van der Waals surface area contributed by atoms with E-state index >= 15 is 0 Å². The van der Waals surface area contributed by atoms with Gasteiger partial charge >= 0.3 is 0 Å². The molecule has 37 heavy (non-hydrogen) atoms. The van der Waals surface area contributed by atoms with Crippen molar-refractivity contribution in [1.29, 1.82) is 0 Å². The van der Waals surface area contributed by atoms with Crippen molar-refractivity contribution in [3.8, 4) is 17.1 Å². The second-order valence-electron chi connectivity index (χ2n) is 10.3. The summed E-state index contributed by atoms with van der Waals surface area (Å²) in [5.74, 6) is 1.43. The summed E-state index contributed by atoms with van der Waals surface area (Å²) in [4.78, 5) is 26.7. The van der Waals surface area contributed by atoms with E-state index in [1.165, 1.54) is 6.20 Å². The van der Waals surface area contributed by atoms with E-state index in [1.807, 2.05) is 31.2 Å². The minimum Gasteiger partial charge on any atom is -0.477 e. The van der Waals surface area contributed by atoms with E-state index in [4.69, 9.17) is 4.74 Å². The fourth-order valence-electron chi connectivity index (χ4n) is 5.40. The van der Waals surface area contributed by atoms with Crippen LogP contribution in [0.15, 0.2) is 55.1 Å². The van der Waals surface area contributed by atoms with Gasteiger partial charge in [0.25, 0.3) is 0 Å². The summed E-state index contributed by atoms with van der Waals surface area (Å²) >= 11 is 0. The van der Waals surface area contributed by atoms with Crippen LogP contribution in [-0.4, -0.2) is 41.1 Å². The topological polar surface area (TPSA) is 123 Å². The molecule has 2 atom stereocenters. The highest BCUT2D eigenvalue weighted by atomic mass is 32.2. The number of carbonyl (C=O) groups excluding carboxylic acids is 1. The predicted octanol–water partition coefficient (Wildman–Crippen LogP) is 4.15. The minimum absolute atomic E-state index is 0.0883. The van der Waals surface area contributed by atoms with Gasteiger partial charge in [0.05, 0.1) is 47.2 Å². The normalized spacial score (nSPS) is 24.2. The van der Waals surface area contributed by atoms with Gasteiger partial charge in [0.1, 0.15) is 0 Å². The zero-order valence-electron chi connectivity index (χ0n) is 20.6. The zero-order valence-corrected chi connectivity index (χ0v) is 21.4. The van der Waals surface area contributed by atoms with Crippen LogP contribution in [0.3, 0.4) is 0 Å². The molecule has 6 rings (SSSR count). The van der Waals surface area contributed by atoms with Crippen LogP contribution in [0.1, 0.15) is 44.6 Å². The van der Waals surface area contributed by atoms with E-state index in [0.717, 1.165) is 30.4 Å². The molecule has 2 aromatic heterocycles. The first-order valence-electron chi connectivity index (χ1n) is 12.7. The Morgan fingerprint density at radius 1 is 1.03 bits per heavy atom. The molecule has 0 spiro atoms. The number of hydrogen-bond donors (Lipinski definition) is 2. The molecule has 0 radical (unpaired) electrons. The van der Waals surface area contributed by atoms with Crippen molar-refractivity contribution in [2.75, 3.05) is 16.6 Å². The number of anilines is 2. The molecule has 3 aromatic rings. The molecule has 3 saturated carbocycles. The quantitative estimate of drug-likeness (QED) is 0.435. The molecule has 3 aliphatic rings. The van der Waals surface area contributed by atoms with Crippen molar-refractivity contribution >= 4 is 27.3 Å². The van der Waals surface area contributed by atoms with Crippen molar-refractivity contribution in [2.24, 2.45) is 11.8 Å². The molecule has 3 fully saturated rings. The summed E-state index contributed by atoms with van der Waals surface area (Å²) < 4.78 is 33.0. The lowest BCUT2D eigenvalue weighted by atomic mass is 9.76. The highest BCUT2D eigenvalue weighted by Gasteiger charge is 2.58. The number of nitrogens with one attached hydrogen (secondary N) is 2. The van der Waals surface area contributed by atoms with Crippen molar-refractivity contribution in [3.05, 3.63) is 60.7 Å². The number of rotatable bonds is 9. The number of ether oxygens (including phenoxy) is 1. The first-order valence-corrected chi connectivity index (χ1v) is 14.2. The van der Waals surface area contributed by atoms with Gasteiger partial charge in [-0.05, 0) is 74.6 Å². The van der Waals surface area contributed by atoms with E-state index < -0.39 is 15.4 Å². The van der Waals surface area contributed by atoms with E-state index in [9.17, 15) is 13.2 Å².